The van der Waals surface area contributed by atoms with Gasteiger partial charge in [-0.05, 0) is 48.9 Å². The average Bonchev–Trinajstić information content (AvgIpc) is 2.32. The van der Waals surface area contributed by atoms with Crippen molar-refractivity contribution in [2.24, 2.45) is 5.92 Å². The second kappa shape index (κ2) is 7.65. The van der Waals surface area contributed by atoms with Crippen LogP contribution in [-0.2, 0) is 6.54 Å². The monoisotopic (exact) mass is 330 g/mol. The molecule has 0 radical (unpaired) electrons. The number of halogens is 1. The third kappa shape index (κ3) is 5.32. The van der Waals surface area contributed by atoms with Crippen molar-refractivity contribution in [3.05, 3.63) is 21.0 Å². The van der Waals surface area contributed by atoms with Crippen molar-refractivity contribution in [1.82, 2.24) is 14.7 Å². The number of nitrogens with one attached hydrogen (secondary N) is 1. The fraction of sp³-hybridized carbons (Fsp3) is 0.692. The maximum Gasteiger partial charge on any atom is 0.283 e. The maximum atomic E-state index is 12.1. The zero-order valence-corrected chi connectivity index (χ0v) is 13.7. The minimum absolute atomic E-state index is 0.0775. The van der Waals surface area contributed by atoms with Crippen LogP contribution in [0.25, 0.3) is 0 Å². The molecule has 0 bridgehead atoms. The predicted molar refractivity (Wildman–Crippen MR) is 82.7 cm³/mol. The molecule has 1 aromatic heterocycles. The topological polar surface area (TPSA) is 50.2 Å². The SMILES string of the molecule is CC(C)Cn1ncc(NCCCN(C)C)c(Br)c1=O. The van der Waals surface area contributed by atoms with E-state index < -0.39 is 0 Å². The Hall–Kier alpha value is -0.880. The van der Waals surface area contributed by atoms with E-state index >= 15 is 0 Å². The molecule has 0 aromatic carbocycles. The third-order valence-corrected chi connectivity index (χ3v) is 3.39. The molecule has 0 amide bonds. The third-order valence-electron chi connectivity index (χ3n) is 2.62. The van der Waals surface area contributed by atoms with E-state index in [1.165, 1.54) is 4.68 Å². The molecule has 0 aliphatic carbocycles. The van der Waals surface area contributed by atoms with E-state index in [4.69, 9.17) is 0 Å². The number of aromatic nitrogens is 2. The summed E-state index contributed by atoms with van der Waals surface area (Å²) in [4.78, 5) is 14.2. The minimum Gasteiger partial charge on any atom is -0.383 e. The van der Waals surface area contributed by atoms with Crippen LogP contribution in [0, 0.1) is 5.92 Å². The molecule has 0 saturated heterocycles. The molecule has 1 N–H and O–H groups in total. The molecule has 1 heterocycles. The number of nitrogens with zero attached hydrogens (tertiary/aromatic N) is 3. The number of hydrogen-bond donors (Lipinski definition) is 1. The lowest BCUT2D eigenvalue weighted by Crippen LogP contribution is -2.26. The molecule has 1 rings (SSSR count). The highest BCUT2D eigenvalue weighted by Crippen LogP contribution is 2.16. The summed E-state index contributed by atoms with van der Waals surface area (Å²) in [6.45, 7) is 6.61. The van der Waals surface area contributed by atoms with Crippen molar-refractivity contribution in [2.45, 2.75) is 26.8 Å². The van der Waals surface area contributed by atoms with E-state index in [9.17, 15) is 4.79 Å². The van der Waals surface area contributed by atoms with Gasteiger partial charge in [0, 0.05) is 13.1 Å². The van der Waals surface area contributed by atoms with Crippen molar-refractivity contribution in [3.63, 3.8) is 0 Å². The van der Waals surface area contributed by atoms with Gasteiger partial charge in [0.2, 0.25) is 0 Å². The van der Waals surface area contributed by atoms with Gasteiger partial charge in [0.1, 0.15) is 4.47 Å². The Labute approximate surface area is 123 Å². The van der Waals surface area contributed by atoms with Crippen LogP contribution in [0.3, 0.4) is 0 Å². The summed E-state index contributed by atoms with van der Waals surface area (Å²) in [5.74, 6) is 0.399. The molecular formula is C13H23BrN4O. The summed E-state index contributed by atoms with van der Waals surface area (Å²) in [6, 6.07) is 0. The highest BCUT2D eigenvalue weighted by atomic mass is 79.9. The average molecular weight is 331 g/mol. The van der Waals surface area contributed by atoms with Gasteiger partial charge >= 0.3 is 0 Å². The predicted octanol–water partition coefficient (Wildman–Crippen LogP) is 2.03. The van der Waals surface area contributed by atoms with E-state index in [0.717, 1.165) is 25.2 Å². The summed E-state index contributed by atoms with van der Waals surface area (Å²) in [5.41, 5.74) is 0.690. The number of anilines is 1. The molecule has 0 spiro atoms. The Morgan fingerprint density at radius 1 is 1.47 bits per heavy atom. The lowest BCUT2D eigenvalue weighted by atomic mass is 10.2. The lowest BCUT2D eigenvalue weighted by Gasteiger charge is -2.13. The second-order valence-electron chi connectivity index (χ2n) is 5.34. The van der Waals surface area contributed by atoms with Gasteiger partial charge in [0.15, 0.2) is 0 Å². The van der Waals surface area contributed by atoms with E-state index in [-0.39, 0.29) is 5.56 Å². The summed E-state index contributed by atoms with van der Waals surface area (Å²) < 4.78 is 2.06. The first-order valence-corrected chi connectivity index (χ1v) is 7.35. The maximum absolute atomic E-state index is 12.1. The lowest BCUT2D eigenvalue weighted by molar-refractivity contribution is 0.405. The van der Waals surface area contributed by atoms with Gasteiger partial charge in [-0.15, -0.1) is 0 Å². The fourth-order valence-corrected chi connectivity index (χ4v) is 2.13. The normalized spacial score (nSPS) is 11.3. The Balaban J connectivity index is 2.66. The molecule has 0 aliphatic heterocycles. The highest BCUT2D eigenvalue weighted by molar-refractivity contribution is 9.10. The standard InChI is InChI=1S/C13H23BrN4O/c1-10(2)9-18-13(19)12(14)11(8-16-18)15-6-5-7-17(3)4/h8,10,15H,5-7,9H2,1-4H3. The van der Waals surface area contributed by atoms with E-state index in [1.54, 1.807) is 6.20 Å². The first-order valence-electron chi connectivity index (χ1n) is 6.56. The minimum atomic E-state index is -0.0775. The summed E-state index contributed by atoms with van der Waals surface area (Å²) in [6.07, 6.45) is 2.73. The van der Waals surface area contributed by atoms with Crippen LogP contribution >= 0.6 is 15.9 Å². The quantitative estimate of drug-likeness (QED) is 0.777. The molecule has 0 unspecified atom stereocenters. The van der Waals surface area contributed by atoms with Crippen LogP contribution in [0.2, 0.25) is 0 Å². The molecule has 6 heteroatoms. The van der Waals surface area contributed by atoms with Gasteiger partial charge in [0.25, 0.3) is 5.56 Å². The van der Waals surface area contributed by atoms with Gasteiger partial charge in [-0.25, -0.2) is 4.68 Å². The summed E-state index contributed by atoms with van der Waals surface area (Å²) in [7, 11) is 4.09. The number of rotatable bonds is 7. The van der Waals surface area contributed by atoms with Gasteiger partial charge < -0.3 is 10.2 Å². The smallest absolute Gasteiger partial charge is 0.283 e. The number of hydrogen-bond acceptors (Lipinski definition) is 4. The first-order chi connectivity index (χ1) is 8.91. The summed E-state index contributed by atoms with van der Waals surface area (Å²) >= 11 is 3.36. The molecule has 0 aliphatic rings. The van der Waals surface area contributed by atoms with Gasteiger partial charge in [-0.2, -0.15) is 5.10 Å². The molecular weight excluding hydrogens is 308 g/mol. The van der Waals surface area contributed by atoms with Crippen LogP contribution in [0.15, 0.2) is 15.5 Å². The molecule has 0 saturated carbocycles. The van der Waals surface area contributed by atoms with E-state index in [2.05, 4.69) is 45.1 Å². The van der Waals surface area contributed by atoms with Crippen molar-refractivity contribution in [1.29, 1.82) is 0 Å². The Morgan fingerprint density at radius 3 is 2.74 bits per heavy atom. The van der Waals surface area contributed by atoms with Crippen molar-refractivity contribution in [3.8, 4) is 0 Å². The van der Waals surface area contributed by atoms with Crippen LogP contribution in [0.5, 0.6) is 0 Å². The molecule has 0 fully saturated rings. The molecule has 19 heavy (non-hydrogen) atoms. The zero-order chi connectivity index (χ0) is 14.4. The largest absolute Gasteiger partial charge is 0.383 e. The van der Waals surface area contributed by atoms with Gasteiger partial charge in [0.05, 0.1) is 11.9 Å². The Bertz CT molecular complexity index is 456. The summed E-state index contributed by atoms with van der Waals surface area (Å²) in [5, 5.41) is 7.43. The fourth-order valence-electron chi connectivity index (χ4n) is 1.68. The molecule has 108 valence electrons. The zero-order valence-electron chi connectivity index (χ0n) is 12.1. The van der Waals surface area contributed by atoms with Crippen molar-refractivity contribution >= 4 is 21.6 Å². The van der Waals surface area contributed by atoms with Gasteiger partial charge in [-0.3, -0.25) is 4.79 Å². The van der Waals surface area contributed by atoms with Crippen LogP contribution in [0.1, 0.15) is 20.3 Å². The molecule has 1 aromatic rings. The van der Waals surface area contributed by atoms with Crippen molar-refractivity contribution < 1.29 is 0 Å². The second-order valence-corrected chi connectivity index (χ2v) is 6.13. The van der Waals surface area contributed by atoms with E-state index in [0.29, 0.717) is 16.9 Å². The highest BCUT2D eigenvalue weighted by Gasteiger charge is 2.09. The van der Waals surface area contributed by atoms with E-state index in [1.807, 2.05) is 14.1 Å². The van der Waals surface area contributed by atoms with Crippen LogP contribution < -0.4 is 10.9 Å². The Morgan fingerprint density at radius 2 is 2.16 bits per heavy atom. The molecule has 0 atom stereocenters. The van der Waals surface area contributed by atoms with Crippen LogP contribution in [0.4, 0.5) is 5.69 Å². The Kier molecular flexibility index (Phi) is 6.51. The van der Waals surface area contributed by atoms with Gasteiger partial charge in [-0.1, -0.05) is 13.8 Å². The molecule has 5 nitrogen and oxygen atoms in total. The first kappa shape index (κ1) is 16.2. The van der Waals surface area contributed by atoms with Crippen LogP contribution in [-0.4, -0.2) is 41.9 Å². The van der Waals surface area contributed by atoms with Crippen molar-refractivity contribution in [2.75, 3.05) is 32.5 Å².